The molecule has 17 heavy (non-hydrogen) atoms. The van der Waals surface area contributed by atoms with Gasteiger partial charge in [-0.25, -0.2) is 0 Å². The van der Waals surface area contributed by atoms with Crippen molar-refractivity contribution in [3.63, 3.8) is 0 Å². The first-order valence-electron chi connectivity index (χ1n) is 5.81. The van der Waals surface area contributed by atoms with Crippen LogP contribution in [0.5, 0.6) is 0 Å². The summed E-state index contributed by atoms with van der Waals surface area (Å²) in [6, 6.07) is 19.0. The minimum absolute atomic E-state index is 1.23. The predicted molar refractivity (Wildman–Crippen MR) is 70.2 cm³/mol. The van der Waals surface area contributed by atoms with Gasteiger partial charge >= 0.3 is 0 Å². The molecule has 0 unspecified atom stereocenters. The summed E-state index contributed by atoms with van der Waals surface area (Å²) in [5.41, 5.74) is 2.55. The molecule has 0 saturated heterocycles. The highest BCUT2D eigenvalue weighted by Gasteiger charge is 2.10. The number of nitrogens with zero attached hydrogens (tertiary/aromatic N) is 1. The summed E-state index contributed by atoms with van der Waals surface area (Å²) in [6.45, 7) is 2.15. The summed E-state index contributed by atoms with van der Waals surface area (Å²) in [6.07, 6.45) is 4.16. The van der Waals surface area contributed by atoms with Gasteiger partial charge in [0.25, 0.3) is 0 Å². The van der Waals surface area contributed by atoms with Gasteiger partial charge in [-0.05, 0) is 23.9 Å². The second kappa shape index (κ2) is 4.02. The number of aromatic nitrogens is 1. The van der Waals surface area contributed by atoms with Crippen molar-refractivity contribution in [3.8, 4) is 5.69 Å². The van der Waals surface area contributed by atoms with Gasteiger partial charge in [0, 0.05) is 18.2 Å². The topological polar surface area (TPSA) is 3.88 Å². The summed E-state index contributed by atoms with van der Waals surface area (Å²) in [5.74, 6) is 0. The van der Waals surface area contributed by atoms with E-state index in [2.05, 4.69) is 72.4 Å². The zero-order valence-corrected chi connectivity index (χ0v) is 9.80. The Morgan fingerprint density at radius 3 is 2.18 bits per heavy atom. The van der Waals surface area contributed by atoms with Gasteiger partial charge in [-0.3, -0.25) is 0 Å². The molecule has 0 amide bonds. The number of fused-ring (bicyclic) bond motifs is 1. The molecule has 1 aromatic heterocycles. The van der Waals surface area contributed by atoms with Crippen LogP contribution in [0.25, 0.3) is 16.5 Å². The lowest BCUT2D eigenvalue weighted by atomic mass is 10.0. The summed E-state index contributed by atoms with van der Waals surface area (Å²) in [5, 5.41) is 2.62. The third-order valence-corrected chi connectivity index (χ3v) is 3.11. The number of hydrogen-bond acceptors (Lipinski definition) is 0. The Morgan fingerprint density at radius 1 is 0.706 bits per heavy atom. The lowest BCUT2D eigenvalue weighted by molar-refractivity contribution is -0.594. The molecule has 0 bridgehead atoms. The Labute approximate surface area is 101 Å². The lowest BCUT2D eigenvalue weighted by Gasteiger charge is -2.04. The van der Waals surface area contributed by atoms with Crippen molar-refractivity contribution in [1.82, 2.24) is 0 Å². The molecule has 1 heteroatoms. The molecule has 0 spiro atoms. The van der Waals surface area contributed by atoms with Crippen LogP contribution in [0.4, 0.5) is 0 Å². The van der Waals surface area contributed by atoms with Gasteiger partial charge < -0.3 is 0 Å². The molecule has 0 radical (unpaired) electrons. The molecule has 0 atom stereocenters. The van der Waals surface area contributed by atoms with Crippen LogP contribution in [0.1, 0.15) is 5.56 Å². The zero-order valence-electron chi connectivity index (χ0n) is 9.80. The van der Waals surface area contributed by atoms with E-state index in [1.165, 1.54) is 22.0 Å². The summed E-state index contributed by atoms with van der Waals surface area (Å²) < 4.78 is 2.15. The second-order valence-corrected chi connectivity index (χ2v) is 4.23. The van der Waals surface area contributed by atoms with E-state index in [1.54, 1.807) is 0 Å². The molecule has 1 heterocycles. The third kappa shape index (κ3) is 1.70. The number of pyridine rings is 1. The monoisotopic (exact) mass is 220 g/mol. The number of hydrogen-bond donors (Lipinski definition) is 0. The van der Waals surface area contributed by atoms with Crippen molar-refractivity contribution in [2.75, 3.05) is 0 Å². The van der Waals surface area contributed by atoms with Crippen molar-refractivity contribution in [3.05, 3.63) is 72.6 Å². The fourth-order valence-electron chi connectivity index (χ4n) is 2.22. The van der Waals surface area contributed by atoms with Crippen LogP contribution in [0.3, 0.4) is 0 Å². The maximum atomic E-state index is 2.18. The minimum Gasteiger partial charge on any atom is -0.167 e. The molecule has 0 aliphatic rings. The Bertz CT molecular complexity index is 657. The molecule has 0 saturated carbocycles. The fourth-order valence-corrected chi connectivity index (χ4v) is 2.22. The van der Waals surface area contributed by atoms with E-state index in [-0.39, 0.29) is 0 Å². The third-order valence-electron chi connectivity index (χ3n) is 3.11. The van der Waals surface area contributed by atoms with Crippen LogP contribution >= 0.6 is 0 Å². The Kier molecular flexibility index (Phi) is 2.37. The zero-order chi connectivity index (χ0) is 11.7. The molecule has 3 aromatic rings. The SMILES string of the molecule is Cc1ccc(-[n+]2ccccc2)c2ccccc12. The van der Waals surface area contributed by atoms with E-state index >= 15 is 0 Å². The standard InChI is InChI=1S/C16H14N/c1-13-9-10-16(17-11-5-2-6-12-17)15-8-4-3-7-14(13)15/h2-12H,1H3/q+1. The first-order valence-corrected chi connectivity index (χ1v) is 5.81. The van der Waals surface area contributed by atoms with E-state index in [0.29, 0.717) is 0 Å². The highest BCUT2D eigenvalue weighted by molar-refractivity contribution is 5.90. The van der Waals surface area contributed by atoms with Crippen molar-refractivity contribution in [2.45, 2.75) is 6.92 Å². The highest BCUT2D eigenvalue weighted by Crippen LogP contribution is 2.22. The van der Waals surface area contributed by atoms with Crippen LogP contribution in [-0.2, 0) is 0 Å². The fraction of sp³-hybridized carbons (Fsp3) is 0.0625. The average Bonchev–Trinajstić information content (AvgIpc) is 2.41. The van der Waals surface area contributed by atoms with Crippen LogP contribution in [0, 0.1) is 6.92 Å². The maximum absolute atomic E-state index is 2.18. The summed E-state index contributed by atoms with van der Waals surface area (Å²) >= 11 is 0. The van der Waals surface area contributed by atoms with Crippen molar-refractivity contribution in [1.29, 1.82) is 0 Å². The number of benzene rings is 2. The number of rotatable bonds is 1. The summed E-state index contributed by atoms with van der Waals surface area (Å²) in [4.78, 5) is 0. The lowest BCUT2D eigenvalue weighted by Crippen LogP contribution is -2.29. The molecule has 0 fully saturated rings. The molecule has 0 aliphatic heterocycles. The minimum atomic E-state index is 1.23. The van der Waals surface area contributed by atoms with E-state index in [0.717, 1.165) is 0 Å². The van der Waals surface area contributed by atoms with E-state index in [1.807, 2.05) is 6.07 Å². The van der Waals surface area contributed by atoms with E-state index in [9.17, 15) is 0 Å². The quantitative estimate of drug-likeness (QED) is 0.553. The van der Waals surface area contributed by atoms with Crippen LogP contribution in [-0.4, -0.2) is 0 Å². The highest BCUT2D eigenvalue weighted by atomic mass is 14.9. The van der Waals surface area contributed by atoms with Gasteiger partial charge in [-0.15, -0.1) is 0 Å². The molecule has 1 nitrogen and oxygen atoms in total. The van der Waals surface area contributed by atoms with Gasteiger partial charge in [0.05, 0.1) is 5.39 Å². The van der Waals surface area contributed by atoms with Crippen LogP contribution in [0.15, 0.2) is 67.0 Å². The molecule has 0 aliphatic carbocycles. The first-order chi connectivity index (χ1) is 8.36. The molecule has 0 N–H and O–H groups in total. The Morgan fingerprint density at radius 2 is 1.41 bits per heavy atom. The second-order valence-electron chi connectivity index (χ2n) is 4.23. The van der Waals surface area contributed by atoms with Crippen molar-refractivity contribution >= 4 is 10.8 Å². The smallest absolute Gasteiger partial charge is 0.167 e. The number of aryl methyl sites for hydroxylation is 1. The Hall–Kier alpha value is -2.15. The molecule has 2 aromatic carbocycles. The van der Waals surface area contributed by atoms with Gasteiger partial charge in [0.2, 0.25) is 5.69 Å². The van der Waals surface area contributed by atoms with Crippen molar-refractivity contribution < 1.29 is 4.57 Å². The van der Waals surface area contributed by atoms with Gasteiger partial charge in [0.1, 0.15) is 0 Å². The van der Waals surface area contributed by atoms with Gasteiger partial charge in [-0.2, -0.15) is 4.57 Å². The predicted octanol–water partition coefficient (Wildman–Crippen LogP) is 3.42. The van der Waals surface area contributed by atoms with Crippen LogP contribution < -0.4 is 4.57 Å². The maximum Gasteiger partial charge on any atom is 0.218 e. The molecular formula is C16H14N+. The van der Waals surface area contributed by atoms with E-state index < -0.39 is 0 Å². The van der Waals surface area contributed by atoms with E-state index in [4.69, 9.17) is 0 Å². The van der Waals surface area contributed by atoms with Gasteiger partial charge in [-0.1, -0.05) is 30.3 Å². The molecular weight excluding hydrogens is 206 g/mol. The first kappa shape index (κ1) is 10.0. The molecule has 82 valence electrons. The Balaban J connectivity index is 2.35. The van der Waals surface area contributed by atoms with Crippen LogP contribution in [0.2, 0.25) is 0 Å². The largest absolute Gasteiger partial charge is 0.218 e. The van der Waals surface area contributed by atoms with Gasteiger partial charge in [0.15, 0.2) is 12.4 Å². The normalized spacial score (nSPS) is 10.6. The van der Waals surface area contributed by atoms with Crippen molar-refractivity contribution in [2.24, 2.45) is 0 Å². The summed E-state index contributed by atoms with van der Waals surface area (Å²) in [7, 11) is 0. The molecule has 3 rings (SSSR count). The average molecular weight is 220 g/mol.